The SMILES string of the molecule is CC(C)c1cccc(N(c2cccc(-c3ccccc3)c2)c2ccc3c4cc(-c5nc6ccccc6c6ccccc56)cc5oc6c(-c7ccnc(-c8cccc9cc%10ccccc%10cc89)n7)ccc(c7cc(N(c8cccnc8)c8ccc(-c9cccnc9)cn8)cc8oc2c3c87)c6c54)c1. The van der Waals surface area contributed by atoms with Crippen LogP contribution in [0.2, 0.25) is 0 Å². The predicted octanol–water partition coefficient (Wildman–Crippen LogP) is 24.6. The summed E-state index contributed by atoms with van der Waals surface area (Å²) >= 11 is 0. The molecule has 0 radical (unpaired) electrons. The molecule has 0 aliphatic carbocycles. The standard InChI is InChI=1S/C91H58N8O2/c1-54(2)56-21-12-25-64(44-56)98(65-26-13-22-58(45-65)55-17-4-3-5-18-55)80-37-36-71-76-47-63(88-72-30-9-8-28-68(72)69-29-10-11-32-78(69)96-88)48-81-84(76)86-70(34-35-74(89(86)100-81)79-39-42-94-91(97-79)73-31-14-23-60-43-57-19-6-7-20-59(57)46-75(60)73)77-49-67(50-82-85(77)87(71)90(80)101-82)99(66-27-16-41-93-53-66)83-38-33-62(52-95-83)61-24-15-40-92-51-61/h3-54H,1-2H3. The summed E-state index contributed by atoms with van der Waals surface area (Å²) in [4.78, 5) is 35.1. The number of furan rings is 2. The lowest BCUT2D eigenvalue weighted by Gasteiger charge is -2.27. The molecule has 20 aromatic rings. The fraction of sp³-hybridized carbons (Fsp3) is 0.0330. The number of para-hydroxylation sites is 1. The third-order valence-electron chi connectivity index (χ3n) is 20.2. The van der Waals surface area contributed by atoms with E-state index in [9.17, 15) is 0 Å². The number of hydrogen-bond donors (Lipinski definition) is 0. The van der Waals surface area contributed by atoms with Gasteiger partial charge in [0.05, 0.1) is 40.2 Å². The normalized spacial score (nSPS) is 12.0. The minimum Gasteiger partial charge on any atom is -0.455 e. The lowest BCUT2D eigenvalue weighted by Crippen LogP contribution is -2.11. The zero-order chi connectivity index (χ0) is 66.8. The molecule has 0 aliphatic heterocycles. The summed E-state index contributed by atoms with van der Waals surface area (Å²) in [5, 5.41) is 15.4. The number of pyridine rings is 4. The highest BCUT2D eigenvalue weighted by Crippen LogP contribution is 2.54. The van der Waals surface area contributed by atoms with Crippen LogP contribution in [-0.4, -0.2) is 29.9 Å². The molecule has 10 nitrogen and oxygen atoms in total. The Morgan fingerprint density at radius 2 is 1.01 bits per heavy atom. The Bertz CT molecular complexity index is 6690. The average Bonchev–Trinajstić information content (AvgIpc) is 1.56. The summed E-state index contributed by atoms with van der Waals surface area (Å²) in [5.74, 6) is 1.57. The van der Waals surface area contributed by atoms with Crippen molar-refractivity contribution in [3.8, 4) is 56.2 Å². The fourth-order valence-electron chi connectivity index (χ4n) is 15.4. The number of aromatic nitrogens is 6. The Kier molecular flexibility index (Phi) is 13.2. The van der Waals surface area contributed by atoms with Crippen molar-refractivity contribution in [2.75, 3.05) is 9.80 Å². The van der Waals surface area contributed by atoms with E-state index in [4.69, 9.17) is 33.8 Å². The first kappa shape index (κ1) is 57.8. The molecule has 7 aromatic heterocycles. The Balaban J connectivity index is 0.920. The van der Waals surface area contributed by atoms with Crippen LogP contribution in [-0.2, 0) is 0 Å². The largest absolute Gasteiger partial charge is 0.455 e. The zero-order valence-corrected chi connectivity index (χ0v) is 54.9. The van der Waals surface area contributed by atoms with Crippen LogP contribution in [0.15, 0.2) is 319 Å². The van der Waals surface area contributed by atoms with Gasteiger partial charge in [-0.15, -0.1) is 0 Å². The monoisotopic (exact) mass is 1290 g/mol. The average molecular weight is 1300 g/mol. The van der Waals surface area contributed by atoms with E-state index in [1.54, 1.807) is 12.4 Å². The van der Waals surface area contributed by atoms with Crippen molar-refractivity contribution in [1.82, 2.24) is 29.9 Å². The number of benzene rings is 12. The van der Waals surface area contributed by atoms with Gasteiger partial charge in [0.1, 0.15) is 22.6 Å². The van der Waals surface area contributed by atoms with Crippen LogP contribution >= 0.6 is 0 Å². The van der Waals surface area contributed by atoms with Gasteiger partial charge in [0.25, 0.3) is 0 Å². The lowest BCUT2D eigenvalue weighted by molar-refractivity contribution is 0.669. The van der Waals surface area contributed by atoms with Crippen molar-refractivity contribution in [3.05, 3.63) is 316 Å². The molecule has 10 heteroatoms. The maximum Gasteiger partial charge on any atom is 0.160 e. The van der Waals surface area contributed by atoms with Crippen molar-refractivity contribution in [1.29, 1.82) is 0 Å². The molecule has 13 aromatic carbocycles. The van der Waals surface area contributed by atoms with Crippen molar-refractivity contribution in [3.63, 3.8) is 0 Å². The molecule has 0 saturated carbocycles. The Morgan fingerprint density at radius 1 is 0.337 bits per heavy atom. The first-order chi connectivity index (χ1) is 49.9. The van der Waals surface area contributed by atoms with Gasteiger partial charge in [0.2, 0.25) is 0 Å². The van der Waals surface area contributed by atoms with E-state index in [1.807, 2.05) is 43.0 Å². The third-order valence-corrected chi connectivity index (χ3v) is 20.2. The zero-order valence-electron chi connectivity index (χ0n) is 54.9. The molecule has 0 unspecified atom stereocenters. The van der Waals surface area contributed by atoms with Crippen molar-refractivity contribution >= 4 is 143 Å². The van der Waals surface area contributed by atoms with Crippen LogP contribution in [0, 0.1) is 0 Å². The van der Waals surface area contributed by atoms with E-state index in [2.05, 4.69) is 283 Å². The fourth-order valence-corrected chi connectivity index (χ4v) is 15.4. The molecule has 0 N–H and O–H groups in total. The molecule has 474 valence electrons. The minimum absolute atomic E-state index is 0.265. The van der Waals surface area contributed by atoms with Crippen LogP contribution in [0.3, 0.4) is 0 Å². The number of anilines is 6. The molecular formula is C91H58N8O2. The van der Waals surface area contributed by atoms with Crippen molar-refractivity contribution in [2.24, 2.45) is 0 Å². The molecule has 0 saturated heterocycles. The van der Waals surface area contributed by atoms with E-state index < -0.39 is 0 Å². The van der Waals surface area contributed by atoms with Crippen molar-refractivity contribution < 1.29 is 8.83 Å². The minimum atomic E-state index is 0.265. The lowest BCUT2D eigenvalue weighted by atomic mass is 9.90. The Labute approximate surface area is 579 Å². The van der Waals surface area contributed by atoms with E-state index in [1.165, 1.54) is 10.9 Å². The molecule has 0 spiro atoms. The maximum absolute atomic E-state index is 7.88. The molecule has 0 amide bonds. The van der Waals surface area contributed by atoms with Crippen LogP contribution in [0.5, 0.6) is 0 Å². The molecule has 7 heterocycles. The highest BCUT2D eigenvalue weighted by Gasteiger charge is 2.30. The molecular weight excluding hydrogens is 1240 g/mol. The van der Waals surface area contributed by atoms with Gasteiger partial charge >= 0.3 is 0 Å². The van der Waals surface area contributed by atoms with Gasteiger partial charge < -0.3 is 13.7 Å². The number of nitrogens with zero attached hydrogens (tertiary/aromatic N) is 8. The second kappa shape index (κ2) is 23.1. The Morgan fingerprint density at radius 3 is 1.82 bits per heavy atom. The molecule has 0 bridgehead atoms. The topological polar surface area (TPSA) is 110 Å². The third kappa shape index (κ3) is 9.48. The highest BCUT2D eigenvalue weighted by atomic mass is 16.3. The van der Waals surface area contributed by atoms with E-state index >= 15 is 0 Å². The molecule has 20 rings (SSSR count). The maximum atomic E-state index is 7.88. The summed E-state index contributed by atoms with van der Waals surface area (Å²) in [6, 6.07) is 97.0. The molecule has 0 aliphatic rings. The first-order valence-electron chi connectivity index (χ1n) is 34.1. The molecule has 0 atom stereocenters. The highest BCUT2D eigenvalue weighted by molar-refractivity contribution is 6.38. The summed E-state index contributed by atoms with van der Waals surface area (Å²) in [7, 11) is 0. The predicted molar refractivity (Wildman–Crippen MR) is 415 cm³/mol. The Hall–Kier alpha value is -13.4. The second-order valence-corrected chi connectivity index (χ2v) is 26.4. The number of hydrogen-bond acceptors (Lipinski definition) is 10. The van der Waals surface area contributed by atoms with Crippen LogP contribution in [0.4, 0.5) is 34.3 Å². The summed E-state index contributed by atoms with van der Waals surface area (Å²) in [6.45, 7) is 4.50. The molecule has 101 heavy (non-hydrogen) atoms. The molecule has 0 fully saturated rings. The van der Waals surface area contributed by atoms with E-state index in [0.29, 0.717) is 34.0 Å². The smallest absolute Gasteiger partial charge is 0.160 e. The first-order valence-corrected chi connectivity index (χ1v) is 34.1. The van der Waals surface area contributed by atoms with Gasteiger partial charge in [-0.2, -0.15) is 0 Å². The quantitative estimate of drug-likeness (QED) is 0.0866. The van der Waals surface area contributed by atoms with Crippen LogP contribution in [0.1, 0.15) is 25.3 Å². The summed E-state index contributed by atoms with van der Waals surface area (Å²) < 4.78 is 15.6. The van der Waals surface area contributed by atoms with Gasteiger partial charge in [-0.3, -0.25) is 14.9 Å². The van der Waals surface area contributed by atoms with E-state index in [-0.39, 0.29) is 5.92 Å². The van der Waals surface area contributed by atoms with Crippen molar-refractivity contribution in [2.45, 2.75) is 19.8 Å². The van der Waals surface area contributed by atoms with Gasteiger partial charge in [-0.1, -0.05) is 172 Å². The van der Waals surface area contributed by atoms with Gasteiger partial charge in [-0.05, 0) is 180 Å². The van der Waals surface area contributed by atoms with Gasteiger partial charge in [0, 0.05) is 109 Å². The second-order valence-electron chi connectivity index (χ2n) is 26.4. The van der Waals surface area contributed by atoms with Gasteiger partial charge in [-0.25, -0.2) is 19.9 Å². The van der Waals surface area contributed by atoms with E-state index in [0.717, 1.165) is 160 Å². The van der Waals surface area contributed by atoms with Crippen LogP contribution in [0.25, 0.3) is 165 Å². The van der Waals surface area contributed by atoms with Gasteiger partial charge in [0.15, 0.2) is 11.4 Å². The number of rotatable bonds is 12. The van der Waals surface area contributed by atoms with Crippen LogP contribution < -0.4 is 9.80 Å². The summed E-state index contributed by atoms with van der Waals surface area (Å²) in [6.07, 6.45) is 11.1. The number of fused-ring (bicyclic) bond motifs is 7. The summed E-state index contributed by atoms with van der Waals surface area (Å²) in [5.41, 5.74) is 17.8.